The Bertz CT molecular complexity index is 684. The van der Waals surface area contributed by atoms with Crippen LogP contribution in [0.1, 0.15) is 24.2 Å². The van der Waals surface area contributed by atoms with Crippen molar-refractivity contribution in [3.8, 4) is 0 Å². The van der Waals surface area contributed by atoms with E-state index in [-0.39, 0.29) is 27.4 Å². The maximum absolute atomic E-state index is 12.0. The van der Waals surface area contributed by atoms with Crippen LogP contribution in [-0.4, -0.2) is 51.1 Å². The van der Waals surface area contributed by atoms with E-state index in [1.54, 1.807) is 7.05 Å². The lowest BCUT2D eigenvalue weighted by atomic mass is 10.2. The summed E-state index contributed by atoms with van der Waals surface area (Å²) in [5.74, 6) is -1.21. The van der Waals surface area contributed by atoms with Crippen molar-refractivity contribution in [1.82, 2.24) is 4.90 Å². The predicted molar refractivity (Wildman–Crippen MR) is 82.8 cm³/mol. The van der Waals surface area contributed by atoms with Crippen LogP contribution in [0.25, 0.3) is 0 Å². The topological polar surface area (TPSA) is 80.8 Å². The zero-order chi connectivity index (χ0) is 17.1. The Kier molecular flexibility index (Phi) is 5.96. The van der Waals surface area contributed by atoms with Gasteiger partial charge in [-0.05, 0) is 32.0 Å². The molecule has 0 unspecified atom stereocenters. The van der Waals surface area contributed by atoms with Crippen molar-refractivity contribution in [3.63, 3.8) is 0 Å². The number of hydrogen-bond acceptors (Lipinski definition) is 5. The summed E-state index contributed by atoms with van der Waals surface area (Å²) in [6.45, 7) is 3.21. The number of hydrogen-bond donors (Lipinski definition) is 0. The van der Waals surface area contributed by atoms with Gasteiger partial charge in [0.1, 0.15) is 0 Å². The van der Waals surface area contributed by atoms with Crippen LogP contribution in [0.4, 0.5) is 0 Å². The number of benzene rings is 1. The van der Waals surface area contributed by atoms with Gasteiger partial charge in [-0.2, -0.15) is 0 Å². The van der Waals surface area contributed by atoms with E-state index < -0.39 is 22.4 Å². The van der Waals surface area contributed by atoms with Crippen LogP contribution >= 0.6 is 11.6 Å². The second-order valence-corrected chi connectivity index (χ2v) is 7.51. The number of ether oxygens (including phenoxy) is 1. The van der Waals surface area contributed by atoms with Crippen molar-refractivity contribution in [2.75, 3.05) is 19.9 Å². The highest BCUT2D eigenvalue weighted by Crippen LogP contribution is 2.21. The molecule has 0 aliphatic heterocycles. The van der Waals surface area contributed by atoms with Gasteiger partial charge in [0.2, 0.25) is 0 Å². The van der Waals surface area contributed by atoms with Crippen molar-refractivity contribution in [1.29, 1.82) is 0 Å². The average Bonchev–Trinajstić information content (AvgIpc) is 2.42. The smallest absolute Gasteiger partial charge is 0.340 e. The minimum absolute atomic E-state index is 0.0247. The molecule has 1 aromatic rings. The van der Waals surface area contributed by atoms with E-state index >= 15 is 0 Å². The molecule has 0 bridgehead atoms. The molecule has 6 nitrogen and oxygen atoms in total. The molecule has 0 heterocycles. The number of amides is 1. The van der Waals surface area contributed by atoms with E-state index in [0.29, 0.717) is 0 Å². The summed E-state index contributed by atoms with van der Waals surface area (Å²) in [5, 5.41) is 0.0575. The molecule has 0 fully saturated rings. The lowest BCUT2D eigenvalue weighted by Gasteiger charge is -2.21. The first kappa shape index (κ1) is 18.4. The Morgan fingerprint density at radius 2 is 1.91 bits per heavy atom. The van der Waals surface area contributed by atoms with Crippen LogP contribution in [-0.2, 0) is 19.4 Å². The summed E-state index contributed by atoms with van der Waals surface area (Å²) in [7, 11) is -1.88. The second-order valence-electron chi connectivity index (χ2n) is 5.09. The van der Waals surface area contributed by atoms with Gasteiger partial charge in [-0.25, -0.2) is 13.2 Å². The summed E-state index contributed by atoms with van der Waals surface area (Å²) in [4.78, 5) is 25.1. The number of carbonyl (C=O) groups is 2. The van der Waals surface area contributed by atoms with Gasteiger partial charge in [0.15, 0.2) is 16.4 Å². The van der Waals surface area contributed by atoms with E-state index in [9.17, 15) is 18.0 Å². The van der Waals surface area contributed by atoms with Crippen LogP contribution in [0.3, 0.4) is 0 Å². The molecule has 1 rings (SSSR count). The molecule has 1 amide bonds. The number of esters is 1. The maximum atomic E-state index is 12.0. The van der Waals surface area contributed by atoms with Gasteiger partial charge >= 0.3 is 5.97 Å². The fourth-order valence-electron chi connectivity index (χ4n) is 1.49. The molecular formula is C14H18ClNO5S. The standard InChI is InChI=1S/C14H18ClNO5S/c1-9(2)16(3)13(17)8-21-14(18)11-7-10(22(4,19)20)5-6-12(11)15/h5-7,9H,8H2,1-4H3. The summed E-state index contributed by atoms with van der Waals surface area (Å²) in [6, 6.07) is 3.71. The fourth-order valence-corrected chi connectivity index (χ4v) is 2.33. The molecule has 0 aliphatic carbocycles. The number of likely N-dealkylation sites (N-methyl/N-ethyl adjacent to an activating group) is 1. The SMILES string of the molecule is CC(C)N(C)C(=O)COC(=O)c1cc(S(C)(=O)=O)ccc1Cl. The zero-order valence-corrected chi connectivity index (χ0v) is 14.4. The van der Waals surface area contributed by atoms with Gasteiger partial charge in [0, 0.05) is 19.3 Å². The molecule has 122 valence electrons. The van der Waals surface area contributed by atoms with E-state index in [1.807, 2.05) is 13.8 Å². The number of sulfone groups is 1. The first-order valence-electron chi connectivity index (χ1n) is 6.46. The van der Waals surface area contributed by atoms with Crippen LogP contribution in [0.5, 0.6) is 0 Å². The second kappa shape index (κ2) is 7.11. The molecule has 22 heavy (non-hydrogen) atoms. The molecule has 0 N–H and O–H groups in total. The normalized spacial score (nSPS) is 11.4. The van der Waals surface area contributed by atoms with E-state index in [0.717, 1.165) is 12.3 Å². The van der Waals surface area contributed by atoms with Gasteiger partial charge in [0.25, 0.3) is 5.91 Å². The van der Waals surface area contributed by atoms with Crippen LogP contribution < -0.4 is 0 Å². The molecule has 0 aliphatic rings. The Morgan fingerprint density at radius 3 is 2.41 bits per heavy atom. The van der Waals surface area contributed by atoms with E-state index in [2.05, 4.69) is 0 Å². The van der Waals surface area contributed by atoms with Gasteiger partial charge in [-0.3, -0.25) is 4.79 Å². The fraction of sp³-hybridized carbons (Fsp3) is 0.429. The number of nitrogens with zero attached hydrogens (tertiary/aromatic N) is 1. The third-order valence-electron chi connectivity index (χ3n) is 3.08. The van der Waals surface area contributed by atoms with Crippen molar-refractivity contribution in [2.24, 2.45) is 0 Å². The third-order valence-corrected chi connectivity index (χ3v) is 4.52. The highest BCUT2D eigenvalue weighted by molar-refractivity contribution is 7.90. The number of rotatable bonds is 5. The molecular weight excluding hydrogens is 330 g/mol. The summed E-state index contributed by atoms with van der Waals surface area (Å²) < 4.78 is 27.9. The largest absolute Gasteiger partial charge is 0.452 e. The average molecular weight is 348 g/mol. The lowest BCUT2D eigenvalue weighted by molar-refractivity contribution is -0.134. The first-order chi connectivity index (χ1) is 10.0. The van der Waals surface area contributed by atoms with Crippen LogP contribution in [0.2, 0.25) is 5.02 Å². The summed E-state index contributed by atoms with van der Waals surface area (Å²) >= 11 is 5.88. The predicted octanol–water partition coefficient (Wildman–Crippen LogP) is 1.77. The Labute approximate surface area is 134 Å². The van der Waals surface area contributed by atoms with Crippen molar-refractivity contribution in [2.45, 2.75) is 24.8 Å². The van der Waals surface area contributed by atoms with Crippen LogP contribution in [0.15, 0.2) is 23.1 Å². The Balaban J connectivity index is 2.89. The van der Waals surface area contributed by atoms with Gasteiger partial charge < -0.3 is 9.64 Å². The molecule has 0 aromatic heterocycles. The summed E-state index contributed by atoms with van der Waals surface area (Å²) in [5.41, 5.74) is -0.0930. The van der Waals surface area contributed by atoms with Crippen LogP contribution in [0, 0.1) is 0 Å². The zero-order valence-electron chi connectivity index (χ0n) is 12.8. The van der Waals surface area contributed by atoms with Gasteiger partial charge in [-0.1, -0.05) is 11.6 Å². The lowest BCUT2D eigenvalue weighted by Crippen LogP contribution is -2.36. The summed E-state index contributed by atoms with van der Waals surface area (Å²) in [6.07, 6.45) is 1.02. The third kappa shape index (κ3) is 4.71. The molecule has 0 radical (unpaired) electrons. The van der Waals surface area contributed by atoms with E-state index in [1.165, 1.54) is 17.0 Å². The van der Waals surface area contributed by atoms with Crippen molar-refractivity contribution >= 4 is 33.3 Å². The highest BCUT2D eigenvalue weighted by Gasteiger charge is 2.19. The quantitative estimate of drug-likeness (QED) is 0.758. The maximum Gasteiger partial charge on any atom is 0.340 e. The first-order valence-corrected chi connectivity index (χ1v) is 8.73. The molecule has 0 atom stereocenters. The van der Waals surface area contributed by atoms with E-state index in [4.69, 9.17) is 16.3 Å². The molecule has 0 saturated carbocycles. The minimum atomic E-state index is -3.47. The van der Waals surface area contributed by atoms with Crippen molar-refractivity contribution in [3.05, 3.63) is 28.8 Å². The number of carbonyl (C=O) groups excluding carboxylic acids is 2. The molecule has 8 heteroatoms. The molecule has 0 spiro atoms. The van der Waals surface area contributed by atoms with Crippen molar-refractivity contribution < 1.29 is 22.7 Å². The number of halogens is 1. The highest BCUT2D eigenvalue weighted by atomic mass is 35.5. The van der Waals surface area contributed by atoms with Gasteiger partial charge in [0.05, 0.1) is 15.5 Å². The molecule has 0 saturated heterocycles. The van der Waals surface area contributed by atoms with Gasteiger partial charge in [-0.15, -0.1) is 0 Å². The molecule has 1 aromatic carbocycles. The monoisotopic (exact) mass is 347 g/mol. The Hall–Kier alpha value is -1.60. The Morgan fingerprint density at radius 1 is 1.32 bits per heavy atom. The minimum Gasteiger partial charge on any atom is -0.452 e.